The Morgan fingerprint density at radius 1 is 1.04 bits per heavy atom. The van der Waals surface area contributed by atoms with Gasteiger partial charge in [-0.15, -0.1) is 0 Å². The second-order valence-electron chi connectivity index (χ2n) is 4.78. The maximum atomic E-state index is 11.6. The Morgan fingerprint density at radius 2 is 1.78 bits per heavy atom. The molecular weight excluding hydrogens is 298 g/mol. The van der Waals surface area contributed by atoms with E-state index in [1.54, 1.807) is 24.3 Å². The molecule has 0 saturated carbocycles. The van der Waals surface area contributed by atoms with Gasteiger partial charge in [-0.05, 0) is 24.1 Å². The molecule has 116 valence electrons. The van der Waals surface area contributed by atoms with Crippen molar-refractivity contribution in [3.63, 3.8) is 0 Å². The van der Waals surface area contributed by atoms with Crippen LogP contribution in [-0.2, 0) is 6.42 Å². The summed E-state index contributed by atoms with van der Waals surface area (Å²) in [5.41, 5.74) is 1.58. The smallest absolute Gasteiger partial charge is 0.413 e. The zero-order chi connectivity index (χ0) is 16.2. The van der Waals surface area contributed by atoms with Crippen molar-refractivity contribution in [2.75, 3.05) is 11.4 Å². The summed E-state index contributed by atoms with van der Waals surface area (Å²) in [6, 6.07) is 6.61. The minimum absolute atomic E-state index is 0.168. The summed E-state index contributed by atoms with van der Waals surface area (Å²) < 4.78 is 0. The highest BCUT2D eigenvalue weighted by molar-refractivity contribution is 5.94. The number of benzene rings is 1. The van der Waals surface area contributed by atoms with Gasteiger partial charge in [0.25, 0.3) is 0 Å². The predicted molar refractivity (Wildman–Crippen MR) is 82.3 cm³/mol. The van der Waals surface area contributed by atoms with Gasteiger partial charge < -0.3 is 10.2 Å². The van der Waals surface area contributed by atoms with Gasteiger partial charge in [-0.2, -0.15) is 0 Å². The van der Waals surface area contributed by atoms with Crippen molar-refractivity contribution in [1.29, 1.82) is 0 Å². The van der Waals surface area contributed by atoms with Crippen LogP contribution < -0.4 is 4.90 Å². The van der Waals surface area contributed by atoms with Gasteiger partial charge in [0.15, 0.2) is 17.0 Å². The van der Waals surface area contributed by atoms with E-state index < -0.39 is 6.09 Å². The monoisotopic (exact) mass is 311 g/mol. The van der Waals surface area contributed by atoms with E-state index in [0.29, 0.717) is 17.6 Å². The molecule has 0 aliphatic heterocycles. The molecule has 3 rings (SSSR count). The molecule has 0 saturated heterocycles. The molecule has 8 nitrogen and oxygen atoms in total. The Balaban J connectivity index is 1.89. The first-order valence-electron chi connectivity index (χ1n) is 6.85. The number of rotatable bonds is 4. The van der Waals surface area contributed by atoms with Crippen LogP contribution in [0.15, 0.2) is 43.0 Å². The molecule has 2 heterocycles. The first-order valence-corrected chi connectivity index (χ1v) is 6.85. The lowest BCUT2D eigenvalue weighted by molar-refractivity contribution is 0.201. The Morgan fingerprint density at radius 3 is 2.52 bits per heavy atom. The van der Waals surface area contributed by atoms with Crippen LogP contribution in [-0.4, -0.2) is 42.8 Å². The number of carboxylic acid groups (broad SMARTS) is 1. The van der Waals surface area contributed by atoms with Crippen LogP contribution in [0.2, 0.25) is 0 Å². The van der Waals surface area contributed by atoms with Crippen LogP contribution >= 0.6 is 0 Å². The Bertz CT molecular complexity index is 833. The van der Waals surface area contributed by atoms with E-state index in [2.05, 4.69) is 19.9 Å². The van der Waals surface area contributed by atoms with Gasteiger partial charge in [-0.3, -0.25) is 4.90 Å². The first kappa shape index (κ1) is 14.6. The maximum absolute atomic E-state index is 11.6. The zero-order valence-electron chi connectivity index (χ0n) is 12.0. The quantitative estimate of drug-likeness (QED) is 0.756. The van der Waals surface area contributed by atoms with Crippen LogP contribution in [0.3, 0.4) is 0 Å². The normalized spacial score (nSPS) is 10.6. The number of nitrogens with zero attached hydrogens (tertiary/aromatic N) is 5. The maximum Gasteiger partial charge on any atom is 0.413 e. The Kier molecular flexibility index (Phi) is 3.96. The van der Waals surface area contributed by atoms with Gasteiger partial charge in [-0.1, -0.05) is 12.1 Å². The summed E-state index contributed by atoms with van der Waals surface area (Å²) in [5.74, 6) is 0.371. The van der Waals surface area contributed by atoms with E-state index in [9.17, 15) is 15.0 Å². The van der Waals surface area contributed by atoms with Gasteiger partial charge >= 0.3 is 6.09 Å². The van der Waals surface area contributed by atoms with E-state index in [-0.39, 0.29) is 18.1 Å². The lowest BCUT2D eigenvalue weighted by Crippen LogP contribution is -2.32. The Hall–Kier alpha value is -3.29. The third-order valence-corrected chi connectivity index (χ3v) is 3.30. The summed E-state index contributed by atoms with van der Waals surface area (Å²) in [6.07, 6.45) is 3.56. The molecule has 0 unspecified atom stereocenters. The molecule has 0 spiro atoms. The van der Waals surface area contributed by atoms with Crippen molar-refractivity contribution in [2.45, 2.75) is 6.42 Å². The number of amides is 1. The van der Waals surface area contributed by atoms with Crippen molar-refractivity contribution in [1.82, 2.24) is 19.9 Å². The predicted octanol–water partition coefficient (Wildman–Crippen LogP) is 1.85. The minimum Gasteiger partial charge on any atom is -0.508 e. The van der Waals surface area contributed by atoms with Crippen LogP contribution in [0.25, 0.3) is 11.2 Å². The summed E-state index contributed by atoms with van der Waals surface area (Å²) >= 11 is 0. The van der Waals surface area contributed by atoms with Crippen molar-refractivity contribution in [2.24, 2.45) is 0 Å². The zero-order valence-corrected chi connectivity index (χ0v) is 12.0. The average molecular weight is 311 g/mol. The molecule has 0 aliphatic rings. The number of carbonyl (C=O) groups is 1. The second kappa shape index (κ2) is 6.22. The average Bonchev–Trinajstić information content (AvgIpc) is 2.56. The summed E-state index contributed by atoms with van der Waals surface area (Å²) in [5, 5.41) is 18.8. The number of phenolic OH excluding ortho intramolecular Hbond substituents is 1. The van der Waals surface area contributed by atoms with Crippen molar-refractivity contribution in [3.8, 4) is 5.75 Å². The highest BCUT2D eigenvalue weighted by atomic mass is 16.4. The topological polar surface area (TPSA) is 112 Å². The highest BCUT2D eigenvalue weighted by Gasteiger charge is 2.19. The highest BCUT2D eigenvalue weighted by Crippen LogP contribution is 2.20. The fourth-order valence-corrected chi connectivity index (χ4v) is 2.18. The molecule has 1 amide bonds. The largest absolute Gasteiger partial charge is 0.508 e. The van der Waals surface area contributed by atoms with Crippen LogP contribution in [0.4, 0.5) is 10.6 Å². The van der Waals surface area contributed by atoms with E-state index in [0.717, 1.165) is 10.5 Å². The molecule has 0 atom stereocenters. The SMILES string of the molecule is O=C(O)N(CCc1ccc(O)cc1)c1ncnc2nccnc12. The summed E-state index contributed by atoms with van der Waals surface area (Å²) in [6.45, 7) is 0.197. The van der Waals surface area contributed by atoms with Crippen molar-refractivity contribution in [3.05, 3.63) is 48.5 Å². The molecular formula is C15H13N5O3. The van der Waals surface area contributed by atoms with Gasteiger partial charge in [0.05, 0.1) is 0 Å². The number of aromatic hydroxyl groups is 1. The molecule has 23 heavy (non-hydrogen) atoms. The number of fused-ring (bicyclic) bond motifs is 1. The number of hydrogen-bond donors (Lipinski definition) is 2. The third-order valence-electron chi connectivity index (χ3n) is 3.30. The van der Waals surface area contributed by atoms with E-state index in [1.807, 2.05) is 0 Å². The number of aromatic nitrogens is 4. The Labute approximate surface area is 131 Å². The number of anilines is 1. The van der Waals surface area contributed by atoms with E-state index >= 15 is 0 Å². The number of hydrogen-bond acceptors (Lipinski definition) is 6. The van der Waals surface area contributed by atoms with Gasteiger partial charge in [-0.25, -0.2) is 24.7 Å². The molecule has 2 aromatic heterocycles. The third kappa shape index (κ3) is 3.15. The molecule has 8 heteroatoms. The van der Waals surface area contributed by atoms with E-state index in [4.69, 9.17) is 0 Å². The van der Waals surface area contributed by atoms with Gasteiger partial charge in [0, 0.05) is 18.9 Å². The molecule has 0 radical (unpaired) electrons. The molecule has 3 aromatic rings. The van der Waals surface area contributed by atoms with Crippen molar-refractivity contribution < 1.29 is 15.0 Å². The first-order chi connectivity index (χ1) is 11.1. The summed E-state index contributed by atoms with van der Waals surface area (Å²) in [4.78, 5) is 28.9. The van der Waals surface area contributed by atoms with Crippen LogP contribution in [0.1, 0.15) is 5.56 Å². The fraction of sp³-hybridized carbons (Fsp3) is 0.133. The van der Waals surface area contributed by atoms with Crippen LogP contribution in [0.5, 0.6) is 5.75 Å². The second-order valence-corrected chi connectivity index (χ2v) is 4.78. The van der Waals surface area contributed by atoms with Crippen LogP contribution in [0, 0.1) is 0 Å². The molecule has 0 aliphatic carbocycles. The molecule has 1 aromatic carbocycles. The molecule has 0 fully saturated rings. The van der Waals surface area contributed by atoms with Gasteiger partial charge in [0.1, 0.15) is 12.1 Å². The lowest BCUT2D eigenvalue weighted by atomic mass is 10.1. The fourth-order valence-electron chi connectivity index (χ4n) is 2.18. The summed E-state index contributed by atoms with van der Waals surface area (Å²) in [7, 11) is 0. The molecule has 0 bridgehead atoms. The number of phenols is 1. The standard InChI is InChI=1S/C15H13N5O3/c21-11-3-1-10(2-4-11)5-8-20(15(22)23)14-12-13(18-9-19-14)17-7-6-16-12/h1-4,6-7,9,21H,5,8H2,(H,22,23). The van der Waals surface area contributed by atoms with E-state index in [1.165, 1.54) is 18.7 Å². The van der Waals surface area contributed by atoms with Crippen molar-refractivity contribution >= 4 is 23.1 Å². The minimum atomic E-state index is -1.13. The molecule has 2 N–H and O–H groups in total. The lowest BCUT2D eigenvalue weighted by Gasteiger charge is -2.18. The van der Waals surface area contributed by atoms with Gasteiger partial charge in [0.2, 0.25) is 0 Å².